The average Bonchev–Trinajstić information content (AvgIpc) is 2.90. The third kappa shape index (κ3) is 2.68. The zero-order valence-corrected chi connectivity index (χ0v) is 12.3. The highest BCUT2D eigenvalue weighted by Crippen LogP contribution is 2.21. The van der Waals surface area contributed by atoms with Gasteiger partial charge in [-0.2, -0.15) is 0 Å². The topological polar surface area (TPSA) is 34.0 Å². The van der Waals surface area contributed by atoms with Crippen LogP contribution in [0, 0.1) is 6.92 Å². The summed E-state index contributed by atoms with van der Waals surface area (Å²) in [6.45, 7) is 5.03. The smallest absolute Gasteiger partial charge is 0.255 e. The summed E-state index contributed by atoms with van der Waals surface area (Å²) in [5.74, 6) is -0.0797. The molecule has 3 aromatic rings. The molecule has 0 atom stereocenters. The van der Waals surface area contributed by atoms with Crippen molar-refractivity contribution in [1.29, 1.82) is 0 Å². The number of benzene rings is 2. The number of amides is 1. The Hall–Kier alpha value is -2.55. The molecule has 21 heavy (non-hydrogen) atoms. The van der Waals surface area contributed by atoms with Crippen molar-refractivity contribution < 1.29 is 4.79 Å². The van der Waals surface area contributed by atoms with Gasteiger partial charge in [0.05, 0.1) is 5.52 Å². The normalized spacial score (nSPS) is 10.8. The Kier molecular flexibility index (Phi) is 3.48. The van der Waals surface area contributed by atoms with Crippen molar-refractivity contribution in [3.8, 4) is 0 Å². The summed E-state index contributed by atoms with van der Waals surface area (Å²) in [6.07, 6.45) is 2.07. The van der Waals surface area contributed by atoms with E-state index in [1.807, 2.05) is 49.4 Å². The lowest BCUT2D eigenvalue weighted by Gasteiger charge is -2.07. The second kappa shape index (κ2) is 5.44. The molecule has 3 nitrogen and oxygen atoms in total. The molecule has 0 saturated carbocycles. The molecule has 3 heteroatoms. The number of aromatic nitrogens is 1. The lowest BCUT2D eigenvalue weighted by molar-refractivity contribution is 0.102. The van der Waals surface area contributed by atoms with Crippen LogP contribution in [0.1, 0.15) is 22.8 Å². The molecule has 0 aliphatic rings. The van der Waals surface area contributed by atoms with E-state index in [9.17, 15) is 4.79 Å². The minimum absolute atomic E-state index is 0.0797. The van der Waals surface area contributed by atoms with E-state index in [2.05, 4.69) is 29.1 Å². The molecule has 0 aliphatic heterocycles. The number of anilines is 1. The summed E-state index contributed by atoms with van der Waals surface area (Å²) < 4.78 is 2.16. The Balaban J connectivity index is 1.87. The highest BCUT2D eigenvalue weighted by molar-refractivity contribution is 6.05. The monoisotopic (exact) mass is 278 g/mol. The first-order chi connectivity index (χ1) is 10.2. The lowest BCUT2D eigenvalue weighted by atomic mass is 10.1. The summed E-state index contributed by atoms with van der Waals surface area (Å²) in [6, 6.07) is 15.7. The molecule has 0 radical (unpaired) electrons. The molecule has 0 aliphatic carbocycles. The van der Waals surface area contributed by atoms with E-state index < -0.39 is 0 Å². The minimum Gasteiger partial charge on any atom is -0.348 e. The van der Waals surface area contributed by atoms with Gasteiger partial charge in [0.25, 0.3) is 5.91 Å². The van der Waals surface area contributed by atoms with Gasteiger partial charge in [-0.1, -0.05) is 23.8 Å². The Morgan fingerprint density at radius 3 is 2.57 bits per heavy atom. The van der Waals surface area contributed by atoms with Gasteiger partial charge in [0, 0.05) is 24.0 Å². The van der Waals surface area contributed by atoms with Crippen LogP contribution in [0.25, 0.3) is 10.9 Å². The number of carbonyl (C=O) groups excluding carboxylic acids is 1. The molecule has 0 spiro atoms. The summed E-state index contributed by atoms with van der Waals surface area (Å²) in [5.41, 5.74) is 3.78. The standard InChI is InChI=1S/C18H18N2O/c1-3-20-11-10-14-8-9-16(12-17(14)20)19-18(21)15-6-4-13(2)5-7-15/h4-12H,3H2,1-2H3,(H,19,21). The second-order valence-electron chi connectivity index (χ2n) is 5.20. The maximum absolute atomic E-state index is 12.2. The van der Waals surface area contributed by atoms with E-state index in [1.54, 1.807) is 0 Å². The number of fused-ring (bicyclic) bond motifs is 1. The van der Waals surface area contributed by atoms with Crippen LogP contribution in [-0.4, -0.2) is 10.5 Å². The molecule has 1 heterocycles. The molecule has 0 bridgehead atoms. The third-order valence-electron chi connectivity index (χ3n) is 3.69. The van der Waals surface area contributed by atoms with Crippen LogP contribution >= 0.6 is 0 Å². The van der Waals surface area contributed by atoms with Crippen LogP contribution in [0.4, 0.5) is 5.69 Å². The van der Waals surface area contributed by atoms with E-state index in [-0.39, 0.29) is 5.91 Å². The summed E-state index contributed by atoms with van der Waals surface area (Å²) >= 11 is 0. The fraction of sp³-hybridized carbons (Fsp3) is 0.167. The average molecular weight is 278 g/mol. The van der Waals surface area contributed by atoms with Gasteiger partial charge in [-0.3, -0.25) is 4.79 Å². The summed E-state index contributed by atoms with van der Waals surface area (Å²) in [5, 5.41) is 4.14. The van der Waals surface area contributed by atoms with Crippen molar-refractivity contribution in [1.82, 2.24) is 4.57 Å². The van der Waals surface area contributed by atoms with Gasteiger partial charge >= 0.3 is 0 Å². The number of hydrogen-bond donors (Lipinski definition) is 1. The predicted octanol–water partition coefficient (Wildman–Crippen LogP) is 4.22. The third-order valence-corrected chi connectivity index (χ3v) is 3.69. The van der Waals surface area contributed by atoms with Gasteiger partial charge in [0.15, 0.2) is 0 Å². The Morgan fingerprint density at radius 1 is 1.10 bits per heavy atom. The van der Waals surface area contributed by atoms with Crippen LogP contribution < -0.4 is 5.32 Å². The van der Waals surface area contributed by atoms with Crippen LogP contribution in [0.3, 0.4) is 0 Å². The Bertz CT molecular complexity index is 785. The van der Waals surface area contributed by atoms with E-state index in [1.165, 1.54) is 5.39 Å². The first-order valence-electron chi connectivity index (χ1n) is 7.14. The number of nitrogens with zero attached hydrogens (tertiary/aromatic N) is 1. The largest absolute Gasteiger partial charge is 0.348 e. The zero-order chi connectivity index (χ0) is 14.8. The molecule has 1 N–H and O–H groups in total. The van der Waals surface area contributed by atoms with Crippen molar-refractivity contribution in [2.45, 2.75) is 20.4 Å². The molecule has 0 saturated heterocycles. The van der Waals surface area contributed by atoms with Crippen LogP contribution in [-0.2, 0) is 6.54 Å². The minimum atomic E-state index is -0.0797. The van der Waals surface area contributed by atoms with Gasteiger partial charge in [-0.25, -0.2) is 0 Å². The quantitative estimate of drug-likeness (QED) is 0.764. The number of hydrogen-bond acceptors (Lipinski definition) is 1. The molecule has 106 valence electrons. The van der Waals surface area contributed by atoms with E-state index >= 15 is 0 Å². The SMILES string of the molecule is CCn1ccc2ccc(NC(=O)c3ccc(C)cc3)cc21. The molecular formula is C18H18N2O. The van der Waals surface area contributed by atoms with E-state index in [0.29, 0.717) is 5.56 Å². The Morgan fingerprint density at radius 2 is 1.86 bits per heavy atom. The van der Waals surface area contributed by atoms with Gasteiger partial charge in [0.1, 0.15) is 0 Å². The van der Waals surface area contributed by atoms with Crippen molar-refractivity contribution in [3.63, 3.8) is 0 Å². The predicted molar refractivity (Wildman–Crippen MR) is 86.7 cm³/mol. The molecule has 0 fully saturated rings. The van der Waals surface area contributed by atoms with E-state index in [4.69, 9.17) is 0 Å². The van der Waals surface area contributed by atoms with Gasteiger partial charge < -0.3 is 9.88 Å². The summed E-state index contributed by atoms with van der Waals surface area (Å²) in [4.78, 5) is 12.2. The molecule has 2 aromatic carbocycles. The molecule has 1 aromatic heterocycles. The van der Waals surface area contributed by atoms with Gasteiger partial charge in [-0.05, 0) is 49.6 Å². The maximum atomic E-state index is 12.2. The number of aryl methyl sites for hydroxylation is 2. The molecule has 1 amide bonds. The number of nitrogens with one attached hydrogen (secondary N) is 1. The highest BCUT2D eigenvalue weighted by atomic mass is 16.1. The van der Waals surface area contributed by atoms with E-state index in [0.717, 1.165) is 23.3 Å². The maximum Gasteiger partial charge on any atom is 0.255 e. The van der Waals surface area contributed by atoms with Gasteiger partial charge in [0.2, 0.25) is 0 Å². The van der Waals surface area contributed by atoms with Crippen molar-refractivity contribution in [2.75, 3.05) is 5.32 Å². The Labute approximate surface area is 124 Å². The first-order valence-corrected chi connectivity index (χ1v) is 7.14. The highest BCUT2D eigenvalue weighted by Gasteiger charge is 2.07. The molecule has 0 unspecified atom stereocenters. The van der Waals surface area contributed by atoms with Crippen LogP contribution in [0.15, 0.2) is 54.7 Å². The second-order valence-corrected chi connectivity index (χ2v) is 5.20. The van der Waals surface area contributed by atoms with Crippen molar-refractivity contribution >= 4 is 22.5 Å². The van der Waals surface area contributed by atoms with Crippen molar-refractivity contribution in [3.05, 3.63) is 65.9 Å². The number of rotatable bonds is 3. The van der Waals surface area contributed by atoms with Crippen molar-refractivity contribution in [2.24, 2.45) is 0 Å². The molecule has 3 rings (SSSR count). The lowest BCUT2D eigenvalue weighted by Crippen LogP contribution is -2.11. The zero-order valence-electron chi connectivity index (χ0n) is 12.3. The molecular weight excluding hydrogens is 260 g/mol. The van der Waals surface area contributed by atoms with Crippen LogP contribution in [0.5, 0.6) is 0 Å². The summed E-state index contributed by atoms with van der Waals surface area (Å²) in [7, 11) is 0. The first kappa shape index (κ1) is 13.4. The van der Waals surface area contributed by atoms with Crippen LogP contribution in [0.2, 0.25) is 0 Å². The fourth-order valence-electron chi connectivity index (χ4n) is 2.45. The number of carbonyl (C=O) groups is 1. The fourth-order valence-corrected chi connectivity index (χ4v) is 2.45. The van der Waals surface area contributed by atoms with Gasteiger partial charge in [-0.15, -0.1) is 0 Å².